The summed E-state index contributed by atoms with van der Waals surface area (Å²) in [5, 5.41) is 11.5. The number of benzene rings is 2. The van der Waals surface area contributed by atoms with Crippen molar-refractivity contribution >= 4 is 17.2 Å². The Labute approximate surface area is 169 Å². The van der Waals surface area contributed by atoms with Gasteiger partial charge in [0.1, 0.15) is 23.8 Å². The van der Waals surface area contributed by atoms with Gasteiger partial charge in [0, 0.05) is 44.4 Å². The molecule has 1 aliphatic rings. The third kappa shape index (κ3) is 5.23. The zero-order valence-electron chi connectivity index (χ0n) is 16.7. The minimum atomic E-state index is -0.420. The SMILES string of the molecule is COc1ccc(OCCN2CCN(c3ccc(C(C)=O)cc3[N+](=O)[O-])CC2)cc1. The summed E-state index contributed by atoms with van der Waals surface area (Å²) in [6, 6.07) is 12.2. The predicted octanol–water partition coefficient (Wildman–Crippen LogP) is 3.01. The van der Waals surface area contributed by atoms with Gasteiger partial charge in [-0.05, 0) is 43.3 Å². The summed E-state index contributed by atoms with van der Waals surface area (Å²) in [6.45, 7) is 5.71. The Kier molecular flexibility index (Phi) is 6.66. The van der Waals surface area contributed by atoms with Crippen LogP contribution in [0, 0.1) is 10.1 Å². The Morgan fingerprint density at radius 3 is 2.31 bits per heavy atom. The molecule has 8 nitrogen and oxygen atoms in total. The Bertz CT molecular complexity index is 861. The van der Waals surface area contributed by atoms with Gasteiger partial charge in [-0.1, -0.05) is 0 Å². The molecule has 0 aromatic heterocycles. The van der Waals surface area contributed by atoms with Gasteiger partial charge in [0.25, 0.3) is 5.69 Å². The van der Waals surface area contributed by atoms with Crippen molar-refractivity contribution in [2.75, 3.05) is 51.3 Å². The summed E-state index contributed by atoms with van der Waals surface area (Å²) in [6.07, 6.45) is 0. The van der Waals surface area contributed by atoms with Gasteiger partial charge in [-0.2, -0.15) is 0 Å². The number of nitro groups is 1. The standard InChI is InChI=1S/C21H25N3O5/c1-16(25)17-3-8-20(21(15-17)24(26)27)23-11-9-22(10-12-23)13-14-29-19-6-4-18(28-2)5-7-19/h3-8,15H,9-14H2,1-2H3. The number of ether oxygens (including phenoxy) is 2. The largest absolute Gasteiger partial charge is 0.497 e. The molecule has 154 valence electrons. The average molecular weight is 399 g/mol. The molecule has 0 bridgehead atoms. The number of hydrogen-bond donors (Lipinski definition) is 0. The number of carbonyl (C=O) groups is 1. The van der Waals surface area contributed by atoms with Crippen LogP contribution in [0.3, 0.4) is 0 Å². The fraction of sp³-hybridized carbons (Fsp3) is 0.381. The molecule has 29 heavy (non-hydrogen) atoms. The number of piperazine rings is 1. The van der Waals surface area contributed by atoms with Crippen LogP contribution in [-0.2, 0) is 0 Å². The van der Waals surface area contributed by atoms with E-state index in [1.165, 1.54) is 13.0 Å². The fourth-order valence-corrected chi connectivity index (χ4v) is 3.33. The van der Waals surface area contributed by atoms with Crippen LogP contribution in [0.1, 0.15) is 17.3 Å². The predicted molar refractivity (Wildman–Crippen MR) is 110 cm³/mol. The lowest BCUT2D eigenvalue weighted by molar-refractivity contribution is -0.384. The number of carbonyl (C=O) groups excluding carboxylic acids is 1. The molecular formula is C21H25N3O5. The molecule has 2 aromatic carbocycles. The minimum absolute atomic E-state index is 0.0195. The summed E-state index contributed by atoms with van der Waals surface area (Å²) in [4.78, 5) is 26.8. The maximum Gasteiger partial charge on any atom is 0.293 e. The molecule has 0 N–H and O–H groups in total. The van der Waals surface area contributed by atoms with E-state index in [0.717, 1.165) is 31.1 Å². The van der Waals surface area contributed by atoms with Crippen molar-refractivity contribution in [3.05, 3.63) is 58.1 Å². The van der Waals surface area contributed by atoms with Crippen LogP contribution in [0.5, 0.6) is 11.5 Å². The van der Waals surface area contributed by atoms with Gasteiger partial charge >= 0.3 is 0 Å². The van der Waals surface area contributed by atoms with Crippen molar-refractivity contribution in [1.82, 2.24) is 4.90 Å². The highest BCUT2D eigenvalue weighted by Gasteiger charge is 2.24. The van der Waals surface area contributed by atoms with Crippen molar-refractivity contribution < 1.29 is 19.2 Å². The molecule has 0 aliphatic carbocycles. The van der Waals surface area contributed by atoms with E-state index in [2.05, 4.69) is 4.90 Å². The number of nitrogens with zero attached hydrogens (tertiary/aromatic N) is 3. The highest BCUT2D eigenvalue weighted by atomic mass is 16.6. The molecule has 0 amide bonds. The van der Waals surface area contributed by atoms with Crippen molar-refractivity contribution in [3.63, 3.8) is 0 Å². The summed E-state index contributed by atoms with van der Waals surface area (Å²) in [5.41, 5.74) is 0.901. The van der Waals surface area contributed by atoms with Crippen molar-refractivity contribution in [3.8, 4) is 11.5 Å². The van der Waals surface area contributed by atoms with Crippen LogP contribution in [0.25, 0.3) is 0 Å². The molecular weight excluding hydrogens is 374 g/mol. The molecule has 1 saturated heterocycles. The zero-order valence-corrected chi connectivity index (χ0v) is 16.7. The van der Waals surface area contributed by atoms with Crippen molar-refractivity contribution in [2.24, 2.45) is 0 Å². The Hall–Kier alpha value is -3.13. The molecule has 0 radical (unpaired) electrons. The smallest absolute Gasteiger partial charge is 0.293 e. The first-order chi connectivity index (χ1) is 14.0. The van der Waals surface area contributed by atoms with Crippen molar-refractivity contribution in [2.45, 2.75) is 6.92 Å². The number of Topliss-reactive ketones (excluding diaryl/α,β-unsaturated/α-hetero) is 1. The number of nitro benzene ring substituents is 1. The molecule has 1 heterocycles. The number of rotatable bonds is 8. The van der Waals surface area contributed by atoms with Crippen LogP contribution < -0.4 is 14.4 Å². The van der Waals surface area contributed by atoms with E-state index in [9.17, 15) is 14.9 Å². The highest BCUT2D eigenvalue weighted by Crippen LogP contribution is 2.30. The second-order valence-electron chi connectivity index (χ2n) is 6.87. The van der Waals surface area contributed by atoms with E-state index in [1.807, 2.05) is 29.2 Å². The van der Waals surface area contributed by atoms with Gasteiger partial charge in [-0.3, -0.25) is 19.8 Å². The molecule has 0 unspecified atom stereocenters. The third-order valence-electron chi connectivity index (χ3n) is 5.03. The van der Waals surface area contributed by atoms with Crippen LogP contribution >= 0.6 is 0 Å². The minimum Gasteiger partial charge on any atom is -0.497 e. The maximum absolute atomic E-state index is 11.5. The summed E-state index contributed by atoms with van der Waals surface area (Å²) in [7, 11) is 1.63. The van der Waals surface area contributed by atoms with E-state index >= 15 is 0 Å². The maximum atomic E-state index is 11.5. The molecule has 0 atom stereocenters. The Morgan fingerprint density at radius 1 is 1.07 bits per heavy atom. The molecule has 3 rings (SSSR count). The van der Waals surface area contributed by atoms with E-state index in [-0.39, 0.29) is 11.5 Å². The van der Waals surface area contributed by atoms with Gasteiger partial charge in [-0.25, -0.2) is 0 Å². The first-order valence-corrected chi connectivity index (χ1v) is 9.51. The number of methoxy groups -OCH3 is 1. The first kappa shape index (κ1) is 20.6. The summed E-state index contributed by atoms with van der Waals surface area (Å²) in [5.74, 6) is 1.41. The van der Waals surface area contributed by atoms with Gasteiger partial charge in [-0.15, -0.1) is 0 Å². The molecule has 0 spiro atoms. The Morgan fingerprint density at radius 2 is 1.72 bits per heavy atom. The molecule has 1 fully saturated rings. The average Bonchev–Trinajstić information content (AvgIpc) is 2.74. The van der Waals surface area contributed by atoms with Crippen LogP contribution in [-0.4, -0.2) is 62.0 Å². The van der Waals surface area contributed by atoms with Crippen molar-refractivity contribution in [1.29, 1.82) is 0 Å². The van der Waals surface area contributed by atoms with E-state index in [4.69, 9.17) is 9.47 Å². The van der Waals surface area contributed by atoms with Gasteiger partial charge in [0.15, 0.2) is 5.78 Å². The first-order valence-electron chi connectivity index (χ1n) is 9.51. The van der Waals surface area contributed by atoms with E-state index in [0.29, 0.717) is 30.9 Å². The zero-order chi connectivity index (χ0) is 20.8. The molecule has 1 aliphatic heterocycles. The van der Waals surface area contributed by atoms with Crippen LogP contribution in [0.4, 0.5) is 11.4 Å². The lowest BCUT2D eigenvalue weighted by Crippen LogP contribution is -2.47. The van der Waals surface area contributed by atoms with E-state index in [1.54, 1.807) is 19.2 Å². The summed E-state index contributed by atoms with van der Waals surface area (Å²) < 4.78 is 10.9. The third-order valence-corrected chi connectivity index (χ3v) is 5.03. The quantitative estimate of drug-likeness (QED) is 0.383. The number of anilines is 1. The van der Waals surface area contributed by atoms with Crippen LogP contribution in [0.15, 0.2) is 42.5 Å². The van der Waals surface area contributed by atoms with Gasteiger partial charge in [0.2, 0.25) is 0 Å². The topological polar surface area (TPSA) is 85.2 Å². The van der Waals surface area contributed by atoms with E-state index < -0.39 is 4.92 Å². The normalized spacial score (nSPS) is 14.5. The second kappa shape index (κ2) is 9.38. The highest BCUT2D eigenvalue weighted by molar-refractivity contribution is 5.95. The monoisotopic (exact) mass is 399 g/mol. The summed E-state index contributed by atoms with van der Waals surface area (Å²) >= 11 is 0. The van der Waals surface area contributed by atoms with Gasteiger partial charge in [0.05, 0.1) is 12.0 Å². The van der Waals surface area contributed by atoms with Crippen LogP contribution in [0.2, 0.25) is 0 Å². The fourth-order valence-electron chi connectivity index (χ4n) is 3.33. The number of hydrogen-bond acceptors (Lipinski definition) is 7. The Balaban J connectivity index is 1.52. The number of ketones is 1. The van der Waals surface area contributed by atoms with Gasteiger partial charge < -0.3 is 14.4 Å². The molecule has 0 saturated carbocycles. The molecule has 2 aromatic rings. The lowest BCUT2D eigenvalue weighted by atomic mass is 10.1. The lowest BCUT2D eigenvalue weighted by Gasteiger charge is -2.35. The molecule has 8 heteroatoms. The second-order valence-corrected chi connectivity index (χ2v) is 6.87.